The average Bonchev–Trinajstić information content (AvgIpc) is 2.44. The van der Waals surface area contributed by atoms with Crippen LogP contribution in [0, 0.1) is 14.4 Å². The van der Waals surface area contributed by atoms with Gasteiger partial charge in [-0.2, -0.15) is 7.05 Å². The largest absolute Gasteiger partial charge is 0.652 e. The van der Waals surface area contributed by atoms with Gasteiger partial charge in [-0.3, -0.25) is 4.79 Å². The van der Waals surface area contributed by atoms with E-state index in [1.165, 1.54) is 11.9 Å². The molecule has 0 fully saturated rings. The molecule has 0 saturated carbocycles. The first-order valence-corrected chi connectivity index (χ1v) is 6.85. The molecular weight excluding hydrogens is 369 g/mol. The third-order valence-corrected chi connectivity index (χ3v) is 3.70. The molecule has 1 aromatic carbocycles. The predicted octanol–water partition coefficient (Wildman–Crippen LogP) is 2.68. The molecule has 0 aliphatic rings. The number of carbonyl (C=O) groups excluding carboxylic acids is 1. The third-order valence-electron chi connectivity index (χ3n) is 3.70. The van der Waals surface area contributed by atoms with Gasteiger partial charge in [-0.05, 0) is 18.0 Å². The molecule has 1 radical (unpaired) electrons. The topological polar surface area (TPSA) is 71.7 Å². The Morgan fingerprint density at radius 3 is 2.13 bits per heavy atom. The minimum atomic E-state index is -1.02. The normalized spacial score (nSPS) is 11.7. The Morgan fingerprint density at radius 2 is 1.74 bits per heavy atom. The number of rotatable bonds is 6. The quantitative estimate of drug-likeness (QED) is 0.753. The molecule has 1 unspecified atom stereocenters. The number of carboxylic acid groups (broad SMARTS) is 1. The van der Waals surface area contributed by atoms with Crippen molar-refractivity contribution in [3.8, 4) is 0 Å². The van der Waals surface area contributed by atoms with Crippen LogP contribution in [0.15, 0.2) is 24.3 Å². The summed E-state index contributed by atoms with van der Waals surface area (Å²) in [6.45, 7) is 5.33. The molecule has 1 amide bonds. The first-order valence-electron chi connectivity index (χ1n) is 6.85. The number of hydrogen-bond acceptors (Lipinski definition) is 2. The second kappa shape index (κ2) is 10.2. The maximum absolute atomic E-state index is 12.4. The van der Waals surface area contributed by atoms with Crippen LogP contribution in [0.1, 0.15) is 25.0 Å². The molecule has 1 atom stereocenters. The second-order valence-electron chi connectivity index (χ2n) is 5.74. The Hall–Kier alpha value is -0.776. The van der Waals surface area contributed by atoms with Crippen molar-refractivity contribution in [1.82, 2.24) is 4.90 Å². The van der Waals surface area contributed by atoms with Crippen molar-refractivity contribution in [2.75, 3.05) is 14.1 Å². The zero-order valence-corrected chi connectivity index (χ0v) is 17.7. The van der Waals surface area contributed by atoms with Gasteiger partial charge in [0.1, 0.15) is 6.04 Å². The van der Waals surface area contributed by atoms with E-state index in [9.17, 15) is 14.7 Å². The van der Waals surface area contributed by atoms with E-state index < -0.39 is 17.6 Å². The van der Waals surface area contributed by atoms with Crippen molar-refractivity contribution in [2.24, 2.45) is 0 Å². The number of nitrogens with zero attached hydrogens (tertiary/aromatic N) is 2. The molecule has 0 spiro atoms. The molecular formula is C17H26N2O3Y-2. The molecule has 23 heavy (non-hydrogen) atoms. The molecule has 0 aromatic heterocycles. The molecule has 127 valence electrons. The Labute approximate surface area is 164 Å². The fourth-order valence-corrected chi connectivity index (χ4v) is 2.01. The van der Waals surface area contributed by atoms with Gasteiger partial charge >= 0.3 is 5.97 Å². The number of benzene rings is 1. The van der Waals surface area contributed by atoms with Crippen molar-refractivity contribution in [1.29, 1.82) is 0 Å². The number of hydrogen-bond donors (Lipinski definition) is 1. The monoisotopic (exact) mass is 395 g/mol. The van der Waals surface area contributed by atoms with Crippen LogP contribution in [-0.2, 0) is 48.7 Å². The van der Waals surface area contributed by atoms with E-state index in [4.69, 9.17) is 0 Å². The van der Waals surface area contributed by atoms with Crippen LogP contribution < -0.4 is 0 Å². The molecule has 0 aliphatic heterocycles. The van der Waals surface area contributed by atoms with E-state index in [0.29, 0.717) is 0 Å². The third kappa shape index (κ3) is 6.70. The minimum Gasteiger partial charge on any atom is -0.652 e. The number of likely N-dealkylation sites (N-methyl/N-ethyl adjacent to an activating group) is 2. The van der Waals surface area contributed by atoms with E-state index in [-0.39, 0.29) is 52.5 Å². The first kappa shape index (κ1) is 24.5. The second-order valence-corrected chi connectivity index (χ2v) is 5.74. The SMILES string of the molecule is C[N-]C(C)(C)C(=O)N(C)C(Cc1ccc(C)cc1)C(=O)O.[CH3-].[Y]. The minimum absolute atomic E-state index is 0. The number of carboxylic acids is 1. The Morgan fingerprint density at radius 1 is 1.26 bits per heavy atom. The van der Waals surface area contributed by atoms with Gasteiger partial charge in [0, 0.05) is 46.2 Å². The summed E-state index contributed by atoms with van der Waals surface area (Å²) in [7, 11) is 3.07. The van der Waals surface area contributed by atoms with E-state index in [0.717, 1.165) is 11.1 Å². The fraction of sp³-hybridized carbons (Fsp3) is 0.471. The number of aliphatic carboxylic acids is 1. The van der Waals surface area contributed by atoms with Crippen molar-refractivity contribution in [2.45, 2.75) is 38.8 Å². The molecule has 1 rings (SSSR count). The zero-order chi connectivity index (χ0) is 16.2. The summed E-state index contributed by atoms with van der Waals surface area (Å²) < 4.78 is 0. The van der Waals surface area contributed by atoms with Gasteiger partial charge in [0.25, 0.3) is 0 Å². The fourth-order valence-electron chi connectivity index (χ4n) is 2.01. The Bertz CT molecular complexity index is 515. The van der Waals surface area contributed by atoms with Crippen LogP contribution in [0.2, 0.25) is 0 Å². The average molecular weight is 395 g/mol. The maximum Gasteiger partial charge on any atom is 0.326 e. The molecule has 5 nitrogen and oxygen atoms in total. The van der Waals surface area contributed by atoms with Gasteiger partial charge in [0.2, 0.25) is 5.91 Å². The Balaban J connectivity index is 0. The summed E-state index contributed by atoms with van der Waals surface area (Å²) in [5.41, 5.74) is 1.08. The molecule has 0 aliphatic carbocycles. The van der Waals surface area contributed by atoms with E-state index >= 15 is 0 Å². The van der Waals surface area contributed by atoms with Gasteiger partial charge in [0.05, 0.1) is 0 Å². The summed E-state index contributed by atoms with van der Waals surface area (Å²) in [6.07, 6.45) is 0.275. The first-order chi connectivity index (χ1) is 9.69. The number of carbonyl (C=O) groups is 2. The van der Waals surface area contributed by atoms with Gasteiger partial charge in [-0.1, -0.05) is 43.7 Å². The summed E-state index contributed by atoms with van der Waals surface area (Å²) >= 11 is 0. The van der Waals surface area contributed by atoms with Crippen molar-refractivity contribution >= 4 is 11.9 Å². The molecule has 0 heterocycles. The summed E-state index contributed by atoms with van der Waals surface area (Å²) in [4.78, 5) is 25.1. The van der Waals surface area contributed by atoms with Crippen molar-refractivity contribution in [3.05, 3.63) is 48.1 Å². The molecule has 0 bridgehead atoms. The van der Waals surface area contributed by atoms with Crippen LogP contribution >= 0.6 is 0 Å². The van der Waals surface area contributed by atoms with Gasteiger partial charge in [-0.15, -0.1) is 0 Å². The van der Waals surface area contributed by atoms with Crippen LogP contribution in [0.3, 0.4) is 0 Å². The summed E-state index contributed by atoms with van der Waals surface area (Å²) in [6, 6.07) is 6.74. The van der Waals surface area contributed by atoms with Crippen LogP contribution in [0.4, 0.5) is 0 Å². The van der Waals surface area contributed by atoms with Crippen LogP contribution in [0.5, 0.6) is 0 Å². The standard InChI is InChI=1S/C16H23N2O3.CH3.Y/c1-11-6-8-12(9-7-11)10-13(14(19)20)18(5)15(21)16(2,3)17-4;;/h6-9,13H,10H2,1-5H3,(H,19,20);1H3;/q2*-1;. The van der Waals surface area contributed by atoms with Crippen molar-refractivity contribution in [3.63, 3.8) is 0 Å². The molecule has 1 N–H and O–H groups in total. The zero-order valence-electron chi connectivity index (χ0n) is 14.8. The summed E-state index contributed by atoms with van der Waals surface area (Å²) in [5, 5.41) is 13.4. The van der Waals surface area contributed by atoms with Gasteiger partial charge in [0.15, 0.2) is 0 Å². The van der Waals surface area contributed by atoms with E-state index in [1.807, 2.05) is 31.2 Å². The van der Waals surface area contributed by atoms with E-state index in [2.05, 4.69) is 5.32 Å². The smallest absolute Gasteiger partial charge is 0.326 e. The number of aryl methyl sites for hydroxylation is 1. The molecule has 0 saturated heterocycles. The van der Waals surface area contributed by atoms with Crippen LogP contribution in [-0.4, -0.2) is 47.6 Å². The van der Waals surface area contributed by atoms with Crippen LogP contribution in [0.25, 0.3) is 5.32 Å². The molecule has 6 heteroatoms. The molecule has 1 aromatic rings. The van der Waals surface area contributed by atoms with Gasteiger partial charge < -0.3 is 22.7 Å². The maximum atomic E-state index is 12.4. The van der Waals surface area contributed by atoms with E-state index in [1.54, 1.807) is 20.9 Å². The van der Waals surface area contributed by atoms with Gasteiger partial charge in [-0.25, -0.2) is 4.79 Å². The predicted molar refractivity (Wildman–Crippen MR) is 88.9 cm³/mol. The number of amides is 1. The van der Waals surface area contributed by atoms with Crippen molar-refractivity contribution < 1.29 is 47.4 Å². The Kier molecular flexibility index (Phi) is 10.8. The summed E-state index contributed by atoms with van der Waals surface area (Å²) in [5.74, 6) is -1.32.